The summed E-state index contributed by atoms with van der Waals surface area (Å²) in [5, 5.41) is 3.31. The number of ether oxygens (including phenoxy) is 1. The molecule has 1 amide bonds. The zero-order valence-electron chi connectivity index (χ0n) is 12.1. The summed E-state index contributed by atoms with van der Waals surface area (Å²) in [5.41, 5.74) is 1.10. The molecule has 2 unspecified atom stereocenters. The Hall–Kier alpha value is -1.55. The van der Waals surface area contributed by atoms with Crippen molar-refractivity contribution in [3.8, 4) is 5.75 Å². The lowest BCUT2D eigenvalue weighted by Gasteiger charge is -2.27. The fourth-order valence-corrected chi connectivity index (χ4v) is 2.98. The Morgan fingerprint density at radius 2 is 2.25 bits per heavy atom. The van der Waals surface area contributed by atoms with Crippen LogP contribution in [0.25, 0.3) is 0 Å². The van der Waals surface area contributed by atoms with Crippen molar-refractivity contribution in [3.63, 3.8) is 0 Å². The lowest BCUT2D eigenvalue weighted by Crippen LogP contribution is -2.34. The van der Waals surface area contributed by atoms with E-state index in [-0.39, 0.29) is 12.1 Å². The highest BCUT2D eigenvalue weighted by atomic mass is 16.5. The maximum Gasteiger partial charge on any atom is 0.238 e. The predicted molar refractivity (Wildman–Crippen MR) is 77.3 cm³/mol. The van der Waals surface area contributed by atoms with Crippen molar-refractivity contribution in [2.75, 3.05) is 20.2 Å². The van der Waals surface area contributed by atoms with E-state index in [1.54, 1.807) is 7.11 Å². The highest BCUT2D eigenvalue weighted by molar-refractivity contribution is 5.81. The molecular formula is C16H22N2O2. The van der Waals surface area contributed by atoms with Crippen LogP contribution >= 0.6 is 0 Å². The second-order valence-electron chi connectivity index (χ2n) is 5.92. The van der Waals surface area contributed by atoms with Gasteiger partial charge >= 0.3 is 0 Å². The fraction of sp³-hybridized carbons (Fsp3) is 0.562. The summed E-state index contributed by atoms with van der Waals surface area (Å²) in [6.07, 6.45) is 2.62. The SMILES string of the molecule is COc1cccc(C2NCC(=O)N2CC(C)C2CC2)c1. The van der Waals surface area contributed by atoms with Gasteiger partial charge in [0.25, 0.3) is 0 Å². The highest BCUT2D eigenvalue weighted by Crippen LogP contribution is 2.38. The third-order valence-electron chi connectivity index (χ3n) is 4.40. The first-order chi connectivity index (χ1) is 9.69. The number of hydrogen-bond donors (Lipinski definition) is 1. The number of benzene rings is 1. The molecule has 1 N–H and O–H groups in total. The molecule has 0 radical (unpaired) electrons. The Morgan fingerprint density at radius 3 is 2.95 bits per heavy atom. The summed E-state index contributed by atoms with van der Waals surface area (Å²) >= 11 is 0. The largest absolute Gasteiger partial charge is 0.497 e. The molecule has 20 heavy (non-hydrogen) atoms. The molecule has 1 aromatic rings. The van der Waals surface area contributed by atoms with Gasteiger partial charge in [-0.05, 0) is 42.4 Å². The second kappa shape index (κ2) is 5.44. The van der Waals surface area contributed by atoms with Gasteiger partial charge in [0.05, 0.1) is 13.7 Å². The number of carbonyl (C=O) groups is 1. The summed E-state index contributed by atoms with van der Waals surface area (Å²) in [6, 6.07) is 7.96. The third-order valence-corrected chi connectivity index (χ3v) is 4.40. The van der Waals surface area contributed by atoms with E-state index in [0.29, 0.717) is 12.5 Å². The number of nitrogens with one attached hydrogen (secondary N) is 1. The van der Waals surface area contributed by atoms with E-state index in [1.807, 2.05) is 29.2 Å². The molecule has 1 saturated heterocycles. The zero-order chi connectivity index (χ0) is 14.1. The summed E-state index contributed by atoms with van der Waals surface area (Å²) < 4.78 is 5.27. The molecule has 1 aliphatic heterocycles. The molecule has 1 heterocycles. The number of amides is 1. The van der Waals surface area contributed by atoms with E-state index in [0.717, 1.165) is 23.8 Å². The van der Waals surface area contributed by atoms with Crippen LogP contribution in [-0.2, 0) is 4.79 Å². The van der Waals surface area contributed by atoms with Gasteiger partial charge in [0.15, 0.2) is 0 Å². The minimum Gasteiger partial charge on any atom is -0.497 e. The van der Waals surface area contributed by atoms with Crippen molar-refractivity contribution >= 4 is 5.91 Å². The number of methoxy groups -OCH3 is 1. The van der Waals surface area contributed by atoms with Gasteiger partial charge < -0.3 is 9.64 Å². The fourth-order valence-electron chi connectivity index (χ4n) is 2.98. The lowest BCUT2D eigenvalue weighted by atomic mass is 10.0. The van der Waals surface area contributed by atoms with Gasteiger partial charge in [-0.1, -0.05) is 19.1 Å². The van der Waals surface area contributed by atoms with Gasteiger partial charge in [-0.15, -0.1) is 0 Å². The Labute approximate surface area is 120 Å². The van der Waals surface area contributed by atoms with Crippen molar-refractivity contribution in [2.45, 2.75) is 25.9 Å². The number of hydrogen-bond acceptors (Lipinski definition) is 3. The molecule has 3 rings (SSSR count). The Kier molecular flexibility index (Phi) is 3.66. The monoisotopic (exact) mass is 274 g/mol. The number of carbonyl (C=O) groups excluding carboxylic acids is 1. The molecule has 4 nitrogen and oxygen atoms in total. The second-order valence-corrected chi connectivity index (χ2v) is 5.92. The van der Waals surface area contributed by atoms with Crippen molar-refractivity contribution in [3.05, 3.63) is 29.8 Å². The average Bonchev–Trinajstić information content (AvgIpc) is 3.25. The van der Waals surface area contributed by atoms with Crippen molar-refractivity contribution in [1.82, 2.24) is 10.2 Å². The van der Waals surface area contributed by atoms with Gasteiger partial charge in [-0.2, -0.15) is 0 Å². The summed E-state index contributed by atoms with van der Waals surface area (Å²) in [4.78, 5) is 14.1. The average molecular weight is 274 g/mol. The lowest BCUT2D eigenvalue weighted by molar-refractivity contribution is -0.128. The van der Waals surface area contributed by atoms with E-state index in [4.69, 9.17) is 4.74 Å². The quantitative estimate of drug-likeness (QED) is 0.894. The number of nitrogens with zero attached hydrogens (tertiary/aromatic N) is 1. The Bertz CT molecular complexity index is 499. The van der Waals surface area contributed by atoms with Crippen LogP contribution in [0.1, 0.15) is 31.5 Å². The minimum atomic E-state index is -0.0150. The Balaban J connectivity index is 1.77. The van der Waals surface area contributed by atoms with Gasteiger partial charge in [0, 0.05) is 6.54 Å². The van der Waals surface area contributed by atoms with Crippen LogP contribution in [0.15, 0.2) is 24.3 Å². The van der Waals surface area contributed by atoms with Gasteiger partial charge in [-0.25, -0.2) is 0 Å². The molecule has 0 aromatic heterocycles. The van der Waals surface area contributed by atoms with Crippen LogP contribution in [-0.4, -0.2) is 31.0 Å². The van der Waals surface area contributed by atoms with E-state index in [2.05, 4.69) is 12.2 Å². The molecule has 1 saturated carbocycles. The summed E-state index contributed by atoms with van der Waals surface area (Å²) in [5.74, 6) is 2.44. The molecule has 108 valence electrons. The highest BCUT2D eigenvalue weighted by Gasteiger charge is 2.36. The molecule has 4 heteroatoms. The molecular weight excluding hydrogens is 252 g/mol. The van der Waals surface area contributed by atoms with Crippen LogP contribution in [0.2, 0.25) is 0 Å². The first-order valence-corrected chi connectivity index (χ1v) is 7.36. The first kappa shape index (κ1) is 13.4. The van der Waals surface area contributed by atoms with E-state index < -0.39 is 0 Å². The predicted octanol–water partition coefficient (Wildman–Crippen LogP) is 2.17. The third kappa shape index (κ3) is 2.66. The van der Waals surface area contributed by atoms with Crippen molar-refractivity contribution in [1.29, 1.82) is 0 Å². The first-order valence-electron chi connectivity index (χ1n) is 7.36. The normalized spacial score (nSPS) is 24.0. The van der Waals surface area contributed by atoms with E-state index in [1.165, 1.54) is 12.8 Å². The summed E-state index contributed by atoms with van der Waals surface area (Å²) in [6.45, 7) is 3.53. The summed E-state index contributed by atoms with van der Waals surface area (Å²) in [7, 11) is 1.67. The maximum absolute atomic E-state index is 12.1. The molecule has 0 bridgehead atoms. The van der Waals surface area contributed by atoms with Gasteiger partial charge in [0.1, 0.15) is 11.9 Å². The molecule has 1 aromatic carbocycles. The minimum absolute atomic E-state index is 0.0150. The molecule has 2 aliphatic rings. The van der Waals surface area contributed by atoms with Crippen LogP contribution in [0, 0.1) is 11.8 Å². The topological polar surface area (TPSA) is 41.6 Å². The zero-order valence-corrected chi connectivity index (χ0v) is 12.1. The van der Waals surface area contributed by atoms with Crippen LogP contribution < -0.4 is 10.1 Å². The van der Waals surface area contributed by atoms with Crippen LogP contribution in [0.3, 0.4) is 0 Å². The van der Waals surface area contributed by atoms with Gasteiger partial charge in [-0.3, -0.25) is 10.1 Å². The Morgan fingerprint density at radius 1 is 1.45 bits per heavy atom. The standard InChI is InChI=1S/C16H22N2O2/c1-11(12-6-7-12)10-18-15(19)9-17-16(18)13-4-3-5-14(8-13)20-2/h3-5,8,11-12,16-17H,6-7,9-10H2,1-2H3. The van der Waals surface area contributed by atoms with E-state index >= 15 is 0 Å². The van der Waals surface area contributed by atoms with Gasteiger partial charge in [0.2, 0.25) is 5.91 Å². The molecule has 2 fully saturated rings. The van der Waals surface area contributed by atoms with Crippen molar-refractivity contribution in [2.24, 2.45) is 11.8 Å². The molecule has 0 spiro atoms. The van der Waals surface area contributed by atoms with E-state index in [9.17, 15) is 4.79 Å². The van der Waals surface area contributed by atoms with Crippen LogP contribution in [0.5, 0.6) is 5.75 Å². The molecule has 2 atom stereocenters. The van der Waals surface area contributed by atoms with Crippen LogP contribution in [0.4, 0.5) is 0 Å². The maximum atomic E-state index is 12.1. The molecule has 1 aliphatic carbocycles. The number of rotatable bonds is 5. The smallest absolute Gasteiger partial charge is 0.238 e. The van der Waals surface area contributed by atoms with Crippen molar-refractivity contribution < 1.29 is 9.53 Å².